The van der Waals surface area contributed by atoms with Gasteiger partial charge in [0.1, 0.15) is 5.69 Å². The smallest absolute Gasteiger partial charge is 0.274 e. The average molecular weight is 361 g/mol. The predicted molar refractivity (Wildman–Crippen MR) is 95.3 cm³/mol. The summed E-state index contributed by atoms with van der Waals surface area (Å²) >= 11 is 0. The lowest BCUT2D eigenvalue weighted by Gasteiger charge is -2.08. The molecule has 2 heterocycles. The van der Waals surface area contributed by atoms with Gasteiger partial charge in [-0.05, 0) is 36.2 Å². The first kappa shape index (κ1) is 18.4. The van der Waals surface area contributed by atoms with Gasteiger partial charge in [0.2, 0.25) is 11.8 Å². The molecular weight excluding hydrogens is 344 g/mol. The molecule has 1 saturated heterocycles. The van der Waals surface area contributed by atoms with E-state index in [0.717, 1.165) is 5.56 Å². The Balaban J connectivity index is 0.00000225. The van der Waals surface area contributed by atoms with Crippen LogP contribution in [0.4, 0.5) is 11.4 Å². The average Bonchev–Trinajstić information content (AvgIpc) is 2.87. The maximum absolute atomic E-state index is 12.1. The van der Waals surface area contributed by atoms with E-state index in [-0.39, 0.29) is 48.2 Å². The van der Waals surface area contributed by atoms with Crippen LogP contribution >= 0.6 is 12.4 Å². The van der Waals surface area contributed by atoms with Gasteiger partial charge in [-0.3, -0.25) is 19.7 Å². The van der Waals surface area contributed by atoms with Crippen LogP contribution in [-0.4, -0.2) is 22.7 Å². The number of hydrogen-bond donors (Lipinski definition) is 3. The lowest BCUT2D eigenvalue weighted by Crippen LogP contribution is -2.22. The lowest BCUT2D eigenvalue weighted by molar-refractivity contribution is -0.125. The van der Waals surface area contributed by atoms with Crippen LogP contribution in [-0.2, 0) is 16.0 Å². The van der Waals surface area contributed by atoms with Gasteiger partial charge in [0, 0.05) is 12.1 Å². The van der Waals surface area contributed by atoms with Crippen LogP contribution in [0.1, 0.15) is 22.5 Å². The Kier molecular flexibility index (Phi) is 5.71. The van der Waals surface area contributed by atoms with Crippen molar-refractivity contribution in [3.05, 3.63) is 53.9 Å². The van der Waals surface area contributed by atoms with E-state index in [2.05, 4.69) is 15.6 Å². The van der Waals surface area contributed by atoms with Crippen molar-refractivity contribution in [1.82, 2.24) is 10.3 Å². The van der Waals surface area contributed by atoms with E-state index < -0.39 is 0 Å². The third kappa shape index (κ3) is 4.54. The van der Waals surface area contributed by atoms with Crippen LogP contribution in [0.3, 0.4) is 0 Å². The van der Waals surface area contributed by atoms with Crippen LogP contribution < -0.4 is 16.4 Å². The number of carbonyl (C=O) groups excluding carboxylic acids is 3. The van der Waals surface area contributed by atoms with Crippen molar-refractivity contribution in [2.24, 2.45) is 5.92 Å². The number of nitrogen functional groups attached to an aromatic ring is 1. The molecule has 3 rings (SSSR count). The summed E-state index contributed by atoms with van der Waals surface area (Å²) in [5.41, 5.74) is 7.85. The molecular formula is C17H17ClN4O3. The van der Waals surface area contributed by atoms with E-state index in [1.54, 1.807) is 24.3 Å². The minimum Gasteiger partial charge on any atom is -0.397 e. The van der Waals surface area contributed by atoms with Crippen molar-refractivity contribution in [3.63, 3.8) is 0 Å². The number of anilines is 2. The number of carbonyl (C=O) groups is 3. The van der Waals surface area contributed by atoms with Crippen molar-refractivity contribution in [1.29, 1.82) is 0 Å². The minimum atomic E-state index is -0.330. The molecule has 1 aliphatic heterocycles. The monoisotopic (exact) mass is 360 g/mol. The summed E-state index contributed by atoms with van der Waals surface area (Å²) in [6.07, 6.45) is 2.14. The number of aromatic nitrogens is 1. The first-order valence-corrected chi connectivity index (χ1v) is 7.47. The maximum atomic E-state index is 12.1. The molecule has 4 N–H and O–H groups in total. The molecule has 130 valence electrons. The van der Waals surface area contributed by atoms with E-state index >= 15 is 0 Å². The van der Waals surface area contributed by atoms with E-state index in [9.17, 15) is 14.4 Å². The molecule has 1 aromatic carbocycles. The highest BCUT2D eigenvalue weighted by Gasteiger charge is 2.30. The summed E-state index contributed by atoms with van der Waals surface area (Å²) in [6.45, 7) is 0. The molecule has 8 heteroatoms. The second-order valence-corrected chi connectivity index (χ2v) is 5.65. The zero-order chi connectivity index (χ0) is 17.1. The Morgan fingerprint density at radius 2 is 1.92 bits per heavy atom. The number of nitrogens with one attached hydrogen (secondary N) is 2. The number of benzene rings is 1. The van der Waals surface area contributed by atoms with E-state index in [0.29, 0.717) is 17.8 Å². The van der Waals surface area contributed by atoms with Gasteiger partial charge in [0.25, 0.3) is 5.91 Å². The Morgan fingerprint density at radius 1 is 1.20 bits per heavy atom. The number of hydrogen-bond acceptors (Lipinski definition) is 5. The zero-order valence-corrected chi connectivity index (χ0v) is 14.0. The van der Waals surface area contributed by atoms with Crippen LogP contribution in [0, 0.1) is 5.92 Å². The van der Waals surface area contributed by atoms with Gasteiger partial charge >= 0.3 is 0 Å². The number of pyridine rings is 1. The highest BCUT2D eigenvalue weighted by Crippen LogP contribution is 2.19. The Morgan fingerprint density at radius 3 is 2.48 bits per heavy atom. The molecule has 0 radical (unpaired) electrons. The molecule has 0 saturated carbocycles. The van der Waals surface area contributed by atoms with Crippen LogP contribution in [0.2, 0.25) is 0 Å². The summed E-state index contributed by atoms with van der Waals surface area (Å²) in [7, 11) is 0. The molecule has 1 aromatic heterocycles. The van der Waals surface area contributed by atoms with Gasteiger partial charge in [0.15, 0.2) is 0 Å². The second kappa shape index (κ2) is 7.76. The molecule has 25 heavy (non-hydrogen) atoms. The maximum Gasteiger partial charge on any atom is 0.274 e. The van der Waals surface area contributed by atoms with E-state index in [1.165, 1.54) is 6.20 Å². The molecule has 1 aliphatic rings. The van der Waals surface area contributed by atoms with Gasteiger partial charge in [-0.15, -0.1) is 12.4 Å². The summed E-state index contributed by atoms with van der Waals surface area (Å²) < 4.78 is 0. The quantitative estimate of drug-likeness (QED) is 0.715. The van der Waals surface area contributed by atoms with E-state index in [1.807, 2.05) is 12.1 Å². The SMILES string of the molecule is Cl.Nc1ccc(C(=O)Nc2ccc(CC3CC(=O)NC3=O)cc2)nc1. The van der Waals surface area contributed by atoms with Crippen molar-refractivity contribution in [3.8, 4) is 0 Å². The Labute approximate surface area is 150 Å². The van der Waals surface area contributed by atoms with Gasteiger partial charge in [-0.2, -0.15) is 0 Å². The molecule has 1 unspecified atom stereocenters. The fraction of sp³-hybridized carbons (Fsp3) is 0.176. The number of halogens is 1. The third-order valence-electron chi connectivity index (χ3n) is 3.78. The fourth-order valence-electron chi connectivity index (χ4n) is 2.52. The van der Waals surface area contributed by atoms with Gasteiger partial charge in [-0.25, -0.2) is 4.98 Å². The molecule has 3 amide bonds. The topological polar surface area (TPSA) is 114 Å². The van der Waals surface area contributed by atoms with Crippen LogP contribution in [0.25, 0.3) is 0 Å². The molecule has 0 spiro atoms. The molecule has 1 atom stereocenters. The molecule has 0 aliphatic carbocycles. The number of amides is 3. The van der Waals surface area contributed by atoms with Crippen molar-refractivity contribution in [2.45, 2.75) is 12.8 Å². The summed E-state index contributed by atoms with van der Waals surface area (Å²) in [6, 6.07) is 10.3. The predicted octanol–water partition coefficient (Wildman–Crippen LogP) is 1.54. The number of nitrogens with zero attached hydrogens (tertiary/aromatic N) is 1. The Hall–Kier alpha value is -2.93. The Bertz CT molecular complexity index is 791. The third-order valence-corrected chi connectivity index (χ3v) is 3.78. The standard InChI is InChI=1S/C17H16N4O3.ClH/c18-12-3-6-14(19-9-12)17(24)20-13-4-1-10(2-5-13)7-11-8-15(22)21-16(11)23;/h1-6,9,11H,7-8,18H2,(H,20,24)(H,21,22,23);1H. The highest BCUT2D eigenvalue weighted by atomic mass is 35.5. The second-order valence-electron chi connectivity index (χ2n) is 5.65. The molecule has 0 bridgehead atoms. The van der Waals surface area contributed by atoms with E-state index in [4.69, 9.17) is 5.73 Å². The number of rotatable bonds is 4. The van der Waals surface area contributed by atoms with Crippen LogP contribution in [0.5, 0.6) is 0 Å². The highest BCUT2D eigenvalue weighted by molar-refractivity contribution is 6.04. The summed E-state index contributed by atoms with van der Waals surface area (Å²) in [5.74, 6) is -1.11. The first-order chi connectivity index (χ1) is 11.5. The zero-order valence-electron chi connectivity index (χ0n) is 13.2. The minimum absolute atomic E-state index is 0. The first-order valence-electron chi connectivity index (χ1n) is 7.47. The largest absolute Gasteiger partial charge is 0.397 e. The molecule has 1 fully saturated rings. The van der Waals surface area contributed by atoms with Crippen molar-refractivity contribution < 1.29 is 14.4 Å². The van der Waals surface area contributed by atoms with Gasteiger partial charge in [0.05, 0.1) is 17.8 Å². The van der Waals surface area contributed by atoms with Gasteiger partial charge in [-0.1, -0.05) is 12.1 Å². The van der Waals surface area contributed by atoms with Gasteiger partial charge < -0.3 is 11.1 Å². The fourth-order valence-corrected chi connectivity index (χ4v) is 2.52. The lowest BCUT2D eigenvalue weighted by atomic mass is 9.98. The van der Waals surface area contributed by atoms with Crippen molar-refractivity contribution >= 4 is 41.5 Å². The van der Waals surface area contributed by atoms with Crippen LogP contribution in [0.15, 0.2) is 42.6 Å². The molecule has 7 nitrogen and oxygen atoms in total. The van der Waals surface area contributed by atoms with Crippen molar-refractivity contribution in [2.75, 3.05) is 11.1 Å². The normalized spacial score (nSPS) is 16.1. The number of imide groups is 1. The molecule has 2 aromatic rings. The number of nitrogens with two attached hydrogens (primary N) is 1. The summed E-state index contributed by atoms with van der Waals surface area (Å²) in [5, 5.41) is 5.03. The summed E-state index contributed by atoms with van der Waals surface area (Å²) in [4.78, 5) is 38.8.